The molecule has 1 spiro atoms. The van der Waals surface area contributed by atoms with Gasteiger partial charge in [-0.1, -0.05) is 50.9 Å². The number of hydrogen-bond donors (Lipinski definition) is 2. The Hall–Kier alpha value is -1.92. The number of benzene rings is 1. The van der Waals surface area contributed by atoms with Crippen LogP contribution in [0.3, 0.4) is 0 Å². The van der Waals surface area contributed by atoms with Gasteiger partial charge in [0.1, 0.15) is 5.54 Å². The molecule has 3 aliphatic heterocycles. The lowest BCUT2D eigenvalue weighted by molar-refractivity contribution is -0.143. The lowest BCUT2D eigenvalue weighted by Gasteiger charge is -2.30. The summed E-state index contributed by atoms with van der Waals surface area (Å²) in [5, 5.41) is 6.68. The predicted octanol–water partition coefficient (Wildman–Crippen LogP) is 2.52. The van der Waals surface area contributed by atoms with E-state index in [0.29, 0.717) is 22.8 Å². The zero-order valence-electron chi connectivity index (χ0n) is 15.7. The largest absolute Gasteiger partial charge is 0.323 e. The number of unbranched alkanes of at least 4 members (excludes halogenated alkanes) is 1. The highest BCUT2D eigenvalue weighted by atomic mass is 35.5. The molecule has 0 aromatic heterocycles. The molecular weight excluding hydrogens is 366 g/mol. The van der Waals surface area contributed by atoms with Crippen LogP contribution in [0.1, 0.15) is 39.2 Å². The number of nitrogens with one attached hydrogen (secondary N) is 2. The van der Waals surface area contributed by atoms with Crippen LogP contribution in [0.5, 0.6) is 0 Å². The number of fused-ring (bicyclic) bond motifs is 4. The Morgan fingerprint density at radius 1 is 1.22 bits per heavy atom. The third-order valence-corrected chi connectivity index (χ3v) is 6.49. The molecule has 144 valence electrons. The molecule has 0 aliphatic carbocycles. The normalized spacial score (nSPS) is 31.8. The van der Waals surface area contributed by atoms with Crippen molar-refractivity contribution in [1.29, 1.82) is 0 Å². The van der Waals surface area contributed by atoms with Crippen molar-refractivity contribution < 1.29 is 14.4 Å². The van der Waals surface area contributed by atoms with Crippen molar-refractivity contribution in [3.05, 3.63) is 28.8 Å². The molecule has 27 heavy (non-hydrogen) atoms. The molecule has 2 N–H and O–H groups in total. The summed E-state index contributed by atoms with van der Waals surface area (Å²) in [6.45, 7) is 6.44. The van der Waals surface area contributed by atoms with E-state index in [4.69, 9.17) is 11.6 Å². The van der Waals surface area contributed by atoms with Gasteiger partial charge in [-0.05, 0) is 18.4 Å². The Balaban J connectivity index is 1.87. The van der Waals surface area contributed by atoms with Crippen molar-refractivity contribution in [1.82, 2.24) is 10.2 Å². The minimum atomic E-state index is -1.24. The molecule has 1 aromatic rings. The van der Waals surface area contributed by atoms with Gasteiger partial charge >= 0.3 is 0 Å². The quantitative estimate of drug-likeness (QED) is 0.775. The van der Waals surface area contributed by atoms with E-state index in [1.165, 1.54) is 4.90 Å². The van der Waals surface area contributed by atoms with E-state index in [9.17, 15) is 14.4 Å². The maximum atomic E-state index is 13.3. The first kappa shape index (κ1) is 18.4. The summed E-state index contributed by atoms with van der Waals surface area (Å²) in [6, 6.07) is 5.05. The molecule has 0 radical (unpaired) electrons. The van der Waals surface area contributed by atoms with E-state index in [2.05, 4.69) is 10.6 Å². The summed E-state index contributed by atoms with van der Waals surface area (Å²) in [4.78, 5) is 41.0. The summed E-state index contributed by atoms with van der Waals surface area (Å²) in [6.07, 6.45) is 1.65. The highest BCUT2D eigenvalue weighted by molar-refractivity contribution is 6.35. The standard InChI is InChI=1S/C20H24ClN3O3/c1-4-5-9-24-17(25)13-14(18(24)26)20(23-15(13)10(2)3)11-7-6-8-12(21)16(11)22-19(20)27/h6-8,10,13-15,23H,4-5,9H2,1-3H3,(H,22,27)/t13-,14-,15?,20?/m0/s1. The number of nitrogens with zero attached hydrogens (tertiary/aromatic N) is 1. The molecule has 1 aromatic carbocycles. The number of anilines is 1. The van der Waals surface area contributed by atoms with E-state index in [1.54, 1.807) is 12.1 Å². The van der Waals surface area contributed by atoms with Crippen molar-refractivity contribution in [2.75, 3.05) is 11.9 Å². The number of likely N-dealkylation sites (tertiary alicyclic amines) is 1. The monoisotopic (exact) mass is 389 g/mol. The van der Waals surface area contributed by atoms with Gasteiger partial charge in [-0.3, -0.25) is 24.6 Å². The average Bonchev–Trinajstić information content (AvgIpc) is 3.21. The van der Waals surface area contributed by atoms with Gasteiger partial charge in [-0.15, -0.1) is 0 Å². The summed E-state index contributed by atoms with van der Waals surface area (Å²) in [5.41, 5.74) is -0.0446. The average molecular weight is 390 g/mol. The molecule has 3 amide bonds. The van der Waals surface area contributed by atoms with Crippen LogP contribution in [0, 0.1) is 17.8 Å². The van der Waals surface area contributed by atoms with Crippen molar-refractivity contribution in [2.24, 2.45) is 17.8 Å². The van der Waals surface area contributed by atoms with Crippen LogP contribution in [-0.4, -0.2) is 35.2 Å². The van der Waals surface area contributed by atoms with E-state index in [0.717, 1.165) is 12.8 Å². The molecule has 3 aliphatic rings. The number of hydrogen-bond acceptors (Lipinski definition) is 4. The second kappa shape index (κ2) is 6.31. The van der Waals surface area contributed by atoms with Crippen LogP contribution in [0.25, 0.3) is 0 Å². The van der Waals surface area contributed by atoms with Gasteiger partial charge in [0.05, 0.1) is 22.5 Å². The molecule has 0 saturated carbocycles. The molecule has 2 unspecified atom stereocenters. The molecule has 3 heterocycles. The molecule has 0 bridgehead atoms. The highest BCUT2D eigenvalue weighted by Gasteiger charge is 2.70. The molecular formula is C20H24ClN3O3. The van der Waals surface area contributed by atoms with Gasteiger partial charge in [0.25, 0.3) is 0 Å². The Morgan fingerprint density at radius 3 is 2.63 bits per heavy atom. The first-order valence-electron chi connectivity index (χ1n) is 9.58. The van der Waals surface area contributed by atoms with Gasteiger partial charge in [-0.25, -0.2) is 0 Å². The van der Waals surface area contributed by atoms with Crippen molar-refractivity contribution >= 4 is 35.0 Å². The first-order valence-corrected chi connectivity index (χ1v) is 9.95. The van der Waals surface area contributed by atoms with Gasteiger partial charge < -0.3 is 5.32 Å². The van der Waals surface area contributed by atoms with E-state index in [1.807, 2.05) is 26.8 Å². The summed E-state index contributed by atoms with van der Waals surface area (Å²) in [7, 11) is 0. The summed E-state index contributed by atoms with van der Waals surface area (Å²) >= 11 is 6.30. The number of carbonyl (C=O) groups excluding carboxylic acids is 3. The third kappa shape index (κ3) is 2.32. The second-order valence-electron chi connectivity index (χ2n) is 8.02. The minimum Gasteiger partial charge on any atom is -0.323 e. The fraction of sp³-hybridized carbons (Fsp3) is 0.550. The minimum absolute atomic E-state index is 0.0933. The maximum absolute atomic E-state index is 13.3. The Morgan fingerprint density at radius 2 is 1.96 bits per heavy atom. The molecule has 6 nitrogen and oxygen atoms in total. The maximum Gasteiger partial charge on any atom is 0.250 e. The van der Waals surface area contributed by atoms with E-state index < -0.39 is 17.4 Å². The molecule has 2 saturated heterocycles. The number of para-hydroxylation sites is 1. The molecule has 2 fully saturated rings. The van der Waals surface area contributed by atoms with Gasteiger partial charge in [0.2, 0.25) is 17.7 Å². The van der Waals surface area contributed by atoms with E-state index in [-0.39, 0.29) is 29.7 Å². The van der Waals surface area contributed by atoms with Gasteiger partial charge in [0.15, 0.2) is 0 Å². The van der Waals surface area contributed by atoms with Crippen LogP contribution in [0.4, 0.5) is 5.69 Å². The Labute approximate surface area is 163 Å². The number of halogens is 1. The second-order valence-corrected chi connectivity index (χ2v) is 8.43. The van der Waals surface area contributed by atoms with Crippen molar-refractivity contribution in [2.45, 2.75) is 45.2 Å². The van der Waals surface area contributed by atoms with E-state index >= 15 is 0 Å². The van der Waals surface area contributed by atoms with Gasteiger partial charge in [-0.2, -0.15) is 0 Å². The van der Waals surface area contributed by atoms with Crippen LogP contribution in [0.2, 0.25) is 5.02 Å². The first-order chi connectivity index (χ1) is 12.8. The Bertz CT molecular complexity index is 840. The SMILES string of the molecule is CCCCN1C(=O)[C@@H]2C(C(C)C)NC3(C(=O)Nc4c(Cl)cccc43)[C@@H]2C1=O. The predicted molar refractivity (Wildman–Crippen MR) is 102 cm³/mol. The number of amides is 3. The lowest BCUT2D eigenvalue weighted by atomic mass is 9.76. The third-order valence-electron chi connectivity index (χ3n) is 6.18. The fourth-order valence-electron chi connectivity index (χ4n) is 4.89. The zero-order chi connectivity index (χ0) is 19.5. The number of carbonyl (C=O) groups is 3. The van der Waals surface area contributed by atoms with Crippen molar-refractivity contribution in [3.63, 3.8) is 0 Å². The van der Waals surface area contributed by atoms with Crippen LogP contribution >= 0.6 is 11.6 Å². The summed E-state index contributed by atoms with van der Waals surface area (Å²) < 4.78 is 0. The zero-order valence-corrected chi connectivity index (χ0v) is 16.5. The Kier molecular flexibility index (Phi) is 4.31. The smallest absolute Gasteiger partial charge is 0.250 e. The highest BCUT2D eigenvalue weighted by Crippen LogP contribution is 2.54. The number of imide groups is 1. The lowest BCUT2D eigenvalue weighted by Crippen LogP contribution is -2.54. The fourth-order valence-corrected chi connectivity index (χ4v) is 5.12. The van der Waals surface area contributed by atoms with Crippen LogP contribution < -0.4 is 10.6 Å². The molecule has 4 rings (SSSR count). The topological polar surface area (TPSA) is 78.5 Å². The van der Waals surface area contributed by atoms with Gasteiger partial charge in [0, 0.05) is 18.2 Å². The summed E-state index contributed by atoms with van der Waals surface area (Å²) in [5.74, 6) is -1.90. The van der Waals surface area contributed by atoms with Crippen LogP contribution in [0.15, 0.2) is 18.2 Å². The van der Waals surface area contributed by atoms with Crippen molar-refractivity contribution in [3.8, 4) is 0 Å². The van der Waals surface area contributed by atoms with Crippen LogP contribution in [-0.2, 0) is 19.9 Å². The number of rotatable bonds is 4. The molecule has 7 heteroatoms. The molecule has 4 atom stereocenters.